The molecule has 0 bridgehead atoms. The van der Waals surface area contributed by atoms with Crippen LogP contribution in [0.25, 0.3) is 5.69 Å². The Balaban J connectivity index is 1.75. The highest BCUT2D eigenvalue weighted by molar-refractivity contribution is 5.99. The molecule has 0 saturated heterocycles. The Morgan fingerprint density at radius 1 is 1.06 bits per heavy atom. The van der Waals surface area contributed by atoms with E-state index in [4.69, 9.17) is 9.84 Å². The molecule has 0 saturated carbocycles. The smallest absolute Gasteiger partial charge is 0.251 e. The molecule has 1 aromatic heterocycles. The van der Waals surface area contributed by atoms with E-state index in [1.54, 1.807) is 36.1 Å². The van der Waals surface area contributed by atoms with E-state index >= 15 is 0 Å². The predicted molar refractivity (Wildman–Crippen MR) is 121 cm³/mol. The highest BCUT2D eigenvalue weighted by atomic mass is 16.5. The van der Waals surface area contributed by atoms with E-state index in [0.717, 1.165) is 16.9 Å². The molecule has 0 radical (unpaired) electrons. The van der Waals surface area contributed by atoms with Crippen LogP contribution in [0.1, 0.15) is 42.4 Å². The van der Waals surface area contributed by atoms with Crippen LogP contribution in [0.3, 0.4) is 0 Å². The quantitative estimate of drug-likeness (QED) is 0.634. The van der Waals surface area contributed by atoms with E-state index in [0.29, 0.717) is 17.1 Å². The maximum Gasteiger partial charge on any atom is 0.251 e. The fraction of sp³-hybridized carbons (Fsp3) is 0.292. The molecule has 7 nitrogen and oxygen atoms in total. The number of carbonyl (C=O) groups is 2. The third-order valence-corrected chi connectivity index (χ3v) is 4.85. The molecule has 0 aliphatic rings. The standard InChI is InChI=1S/C24H28N4O3/c1-16-8-6-7-9-19(16)28-21(14-20(27-28)24(2,3)4)26-22(29)15-25-23(30)17-10-12-18(31-5)13-11-17/h6-14H,15H2,1-5H3,(H,25,30)(H,26,29). The molecule has 2 aromatic carbocycles. The van der Waals surface area contributed by atoms with E-state index in [1.807, 2.05) is 37.3 Å². The maximum atomic E-state index is 12.6. The number of nitrogens with one attached hydrogen (secondary N) is 2. The lowest BCUT2D eigenvalue weighted by Crippen LogP contribution is -2.33. The molecule has 31 heavy (non-hydrogen) atoms. The number of amides is 2. The molecule has 2 N–H and O–H groups in total. The van der Waals surface area contributed by atoms with Crippen molar-refractivity contribution < 1.29 is 14.3 Å². The fourth-order valence-corrected chi connectivity index (χ4v) is 3.01. The Kier molecular flexibility index (Phi) is 6.44. The molecular formula is C24H28N4O3. The minimum atomic E-state index is -0.336. The summed E-state index contributed by atoms with van der Waals surface area (Å²) in [5.41, 5.74) is 3.04. The summed E-state index contributed by atoms with van der Waals surface area (Å²) in [6.07, 6.45) is 0. The molecule has 2 amide bonds. The van der Waals surface area contributed by atoms with E-state index in [-0.39, 0.29) is 23.8 Å². The van der Waals surface area contributed by atoms with Crippen LogP contribution in [0.2, 0.25) is 0 Å². The lowest BCUT2D eigenvalue weighted by molar-refractivity contribution is -0.115. The van der Waals surface area contributed by atoms with Crippen molar-refractivity contribution in [2.45, 2.75) is 33.1 Å². The van der Waals surface area contributed by atoms with Crippen LogP contribution >= 0.6 is 0 Å². The number of hydrogen-bond acceptors (Lipinski definition) is 4. The molecule has 0 aliphatic heterocycles. The molecular weight excluding hydrogens is 392 g/mol. The zero-order chi connectivity index (χ0) is 22.6. The molecule has 1 heterocycles. The van der Waals surface area contributed by atoms with Crippen molar-refractivity contribution in [2.24, 2.45) is 0 Å². The lowest BCUT2D eigenvalue weighted by atomic mass is 9.92. The number of nitrogens with zero attached hydrogens (tertiary/aromatic N) is 2. The summed E-state index contributed by atoms with van der Waals surface area (Å²) in [7, 11) is 1.56. The Morgan fingerprint density at radius 3 is 2.35 bits per heavy atom. The van der Waals surface area contributed by atoms with Gasteiger partial charge in [-0.1, -0.05) is 39.0 Å². The molecule has 3 rings (SSSR count). The van der Waals surface area contributed by atoms with Crippen molar-refractivity contribution in [3.05, 3.63) is 71.4 Å². The average molecular weight is 421 g/mol. The second-order valence-corrected chi connectivity index (χ2v) is 8.32. The molecule has 162 valence electrons. The molecule has 0 aliphatic carbocycles. The van der Waals surface area contributed by atoms with Crippen molar-refractivity contribution in [2.75, 3.05) is 19.0 Å². The number of ether oxygens (including phenoxy) is 1. The number of benzene rings is 2. The van der Waals surface area contributed by atoms with Gasteiger partial charge in [-0.2, -0.15) is 5.10 Å². The Bertz CT molecular complexity index is 1080. The monoisotopic (exact) mass is 420 g/mol. The van der Waals surface area contributed by atoms with Crippen LogP contribution < -0.4 is 15.4 Å². The topological polar surface area (TPSA) is 85.2 Å². The number of methoxy groups -OCH3 is 1. The number of aryl methyl sites for hydroxylation is 1. The van der Waals surface area contributed by atoms with Crippen LogP contribution in [-0.4, -0.2) is 35.2 Å². The number of hydrogen-bond donors (Lipinski definition) is 2. The summed E-state index contributed by atoms with van der Waals surface area (Å²) < 4.78 is 6.83. The van der Waals surface area contributed by atoms with Crippen LogP contribution in [0, 0.1) is 6.92 Å². The SMILES string of the molecule is COc1ccc(C(=O)NCC(=O)Nc2cc(C(C)(C)C)nn2-c2ccccc2C)cc1. The Morgan fingerprint density at radius 2 is 1.74 bits per heavy atom. The minimum Gasteiger partial charge on any atom is -0.497 e. The van der Waals surface area contributed by atoms with Gasteiger partial charge in [0, 0.05) is 17.0 Å². The van der Waals surface area contributed by atoms with E-state index in [1.165, 1.54) is 0 Å². The number of anilines is 1. The average Bonchev–Trinajstić information content (AvgIpc) is 3.16. The molecule has 0 unspecified atom stereocenters. The summed E-state index contributed by atoms with van der Waals surface area (Å²) in [5.74, 6) is 0.550. The van der Waals surface area contributed by atoms with Crippen LogP contribution in [0.15, 0.2) is 54.6 Å². The fourth-order valence-electron chi connectivity index (χ4n) is 3.01. The van der Waals surface area contributed by atoms with Gasteiger partial charge >= 0.3 is 0 Å². The van der Waals surface area contributed by atoms with Crippen LogP contribution in [0.5, 0.6) is 5.75 Å². The number of carbonyl (C=O) groups excluding carboxylic acids is 2. The molecule has 0 fully saturated rings. The highest BCUT2D eigenvalue weighted by Gasteiger charge is 2.22. The highest BCUT2D eigenvalue weighted by Crippen LogP contribution is 2.27. The Labute approximate surface area is 182 Å². The summed E-state index contributed by atoms with van der Waals surface area (Å²) >= 11 is 0. The first-order chi connectivity index (χ1) is 14.7. The first-order valence-electron chi connectivity index (χ1n) is 10.1. The van der Waals surface area contributed by atoms with Crippen molar-refractivity contribution >= 4 is 17.6 Å². The number of rotatable bonds is 6. The van der Waals surface area contributed by atoms with Gasteiger partial charge in [0.15, 0.2) is 0 Å². The second-order valence-electron chi connectivity index (χ2n) is 8.32. The summed E-state index contributed by atoms with van der Waals surface area (Å²) in [6, 6.07) is 16.4. The molecule has 3 aromatic rings. The third kappa shape index (κ3) is 5.31. The van der Waals surface area contributed by atoms with Gasteiger partial charge in [-0.15, -0.1) is 0 Å². The van der Waals surface area contributed by atoms with E-state index in [9.17, 15) is 9.59 Å². The molecule has 0 atom stereocenters. The van der Waals surface area contributed by atoms with Crippen molar-refractivity contribution in [1.82, 2.24) is 15.1 Å². The normalized spacial score (nSPS) is 11.1. The first kappa shape index (κ1) is 22.1. The van der Waals surface area contributed by atoms with Gasteiger partial charge in [0.2, 0.25) is 5.91 Å². The number of para-hydroxylation sites is 1. The van der Waals surface area contributed by atoms with Gasteiger partial charge in [0.25, 0.3) is 5.91 Å². The van der Waals surface area contributed by atoms with Crippen LogP contribution in [-0.2, 0) is 10.2 Å². The summed E-state index contributed by atoms with van der Waals surface area (Å²) in [5, 5.41) is 10.3. The minimum absolute atomic E-state index is 0.158. The Hall–Kier alpha value is -3.61. The lowest BCUT2D eigenvalue weighted by Gasteiger charge is -2.14. The zero-order valence-corrected chi connectivity index (χ0v) is 18.5. The molecule has 7 heteroatoms. The van der Waals surface area contributed by atoms with Gasteiger partial charge in [-0.25, -0.2) is 4.68 Å². The summed E-state index contributed by atoms with van der Waals surface area (Å²) in [6.45, 7) is 8.04. The maximum absolute atomic E-state index is 12.6. The van der Waals surface area contributed by atoms with Crippen molar-refractivity contribution in [3.63, 3.8) is 0 Å². The van der Waals surface area contributed by atoms with Gasteiger partial charge in [0.1, 0.15) is 11.6 Å². The van der Waals surface area contributed by atoms with Gasteiger partial charge in [-0.05, 0) is 42.8 Å². The van der Waals surface area contributed by atoms with E-state index < -0.39 is 0 Å². The number of aromatic nitrogens is 2. The largest absolute Gasteiger partial charge is 0.497 e. The van der Waals surface area contributed by atoms with Crippen molar-refractivity contribution in [1.29, 1.82) is 0 Å². The van der Waals surface area contributed by atoms with Gasteiger partial charge in [0.05, 0.1) is 25.0 Å². The van der Waals surface area contributed by atoms with Crippen LogP contribution in [0.4, 0.5) is 5.82 Å². The van der Waals surface area contributed by atoms with Crippen molar-refractivity contribution in [3.8, 4) is 11.4 Å². The first-order valence-corrected chi connectivity index (χ1v) is 10.1. The van der Waals surface area contributed by atoms with Gasteiger partial charge < -0.3 is 15.4 Å². The molecule has 0 spiro atoms. The third-order valence-electron chi connectivity index (χ3n) is 4.85. The summed E-state index contributed by atoms with van der Waals surface area (Å²) in [4.78, 5) is 24.9. The zero-order valence-electron chi connectivity index (χ0n) is 18.5. The van der Waals surface area contributed by atoms with E-state index in [2.05, 4.69) is 31.4 Å². The predicted octanol–water partition coefficient (Wildman–Crippen LogP) is 3.86. The second kappa shape index (κ2) is 9.04. The van der Waals surface area contributed by atoms with Gasteiger partial charge in [-0.3, -0.25) is 9.59 Å².